The Labute approximate surface area is 172 Å². The largest absolute Gasteiger partial charge is 0.507 e. The second kappa shape index (κ2) is 8.24. The van der Waals surface area contributed by atoms with E-state index in [2.05, 4.69) is 13.8 Å². The molecule has 1 amide bonds. The van der Waals surface area contributed by atoms with Gasteiger partial charge in [0.1, 0.15) is 5.76 Å². The van der Waals surface area contributed by atoms with Crippen LogP contribution in [-0.2, 0) is 9.59 Å². The van der Waals surface area contributed by atoms with Gasteiger partial charge in [-0.25, -0.2) is 0 Å². The van der Waals surface area contributed by atoms with Gasteiger partial charge in [0.25, 0.3) is 11.7 Å². The molecular formula is C25H29NO3. The van der Waals surface area contributed by atoms with Crippen LogP contribution in [0.25, 0.3) is 5.76 Å². The average molecular weight is 392 g/mol. The van der Waals surface area contributed by atoms with E-state index in [1.54, 1.807) is 4.90 Å². The van der Waals surface area contributed by atoms with Crippen LogP contribution in [0.2, 0.25) is 0 Å². The fourth-order valence-electron chi connectivity index (χ4n) is 3.90. The van der Waals surface area contributed by atoms with Crippen molar-refractivity contribution in [3.05, 3.63) is 75.9 Å². The molecule has 1 aliphatic heterocycles. The second-order valence-electron chi connectivity index (χ2n) is 8.13. The highest BCUT2D eigenvalue weighted by Gasteiger charge is 2.45. The van der Waals surface area contributed by atoms with Crippen LogP contribution in [0.4, 0.5) is 0 Å². The van der Waals surface area contributed by atoms with Crippen molar-refractivity contribution < 1.29 is 14.7 Å². The number of hydrogen-bond donors (Lipinski definition) is 1. The molecule has 0 aromatic heterocycles. The van der Waals surface area contributed by atoms with Gasteiger partial charge in [-0.3, -0.25) is 9.59 Å². The van der Waals surface area contributed by atoms with Crippen molar-refractivity contribution >= 4 is 17.4 Å². The molecule has 1 unspecified atom stereocenters. The van der Waals surface area contributed by atoms with Gasteiger partial charge in [0.2, 0.25) is 0 Å². The maximum Gasteiger partial charge on any atom is 0.295 e. The first-order valence-electron chi connectivity index (χ1n) is 10.2. The lowest BCUT2D eigenvalue weighted by Crippen LogP contribution is -2.30. The van der Waals surface area contributed by atoms with Gasteiger partial charge in [0.05, 0.1) is 11.6 Å². The highest BCUT2D eigenvalue weighted by Crippen LogP contribution is 2.40. The molecular weight excluding hydrogens is 362 g/mol. The van der Waals surface area contributed by atoms with Gasteiger partial charge in [-0.2, -0.15) is 0 Å². The highest BCUT2D eigenvalue weighted by molar-refractivity contribution is 6.46. The zero-order chi connectivity index (χ0) is 21.3. The molecule has 3 rings (SSSR count). The summed E-state index contributed by atoms with van der Waals surface area (Å²) >= 11 is 0. The quantitative estimate of drug-likeness (QED) is 0.430. The third-order valence-electron chi connectivity index (χ3n) is 5.57. The van der Waals surface area contributed by atoms with E-state index in [9.17, 15) is 14.7 Å². The molecule has 0 aliphatic carbocycles. The number of benzene rings is 2. The molecule has 29 heavy (non-hydrogen) atoms. The van der Waals surface area contributed by atoms with E-state index < -0.39 is 17.7 Å². The maximum absolute atomic E-state index is 13.0. The van der Waals surface area contributed by atoms with Gasteiger partial charge in [-0.15, -0.1) is 0 Å². The summed E-state index contributed by atoms with van der Waals surface area (Å²) in [5.41, 5.74) is 4.66. The van der Waals surface area contributed by atoms with E-state index in [4.69, 9.17) is 0 Å². The number of ketones is 1. The van der Waals surface area contributed by atoms with Crippen molar-refractivity contribution in [1.29, 1.82) is 0 Å². The van der Waals surface area contributed by atoms with Crippen molar-refractivity contribution in [2.24, 2.45) is 0 Å². The Morgan fingerprint density at radius 1 is 1.07 bits per heavy atom. The summed E-state index contributed by atoms with van der Waals surface area (Å²) in [5, 5.41) is 11.2. The number of rotatable bonds is 5. The van der Waals surface area contributed by atoms with Crippen LogP contribution in [-0.4, -0.2) is 28.2 Å². The van der Waals surface area contributed by atoms with E-state index in [1.165, 1.54) is 5.56 Å². The van der Waals surface area contributed by atoms with E-state index in [-0.39, 0.29) is 11.3 Å². The van der Waals surface area contributed by atoms with Crippen LogP contribution in [0.5, 0.6) is 0 Å². The smallest absolute Gasteiger partial charge is 0.295 e. The van der Waals surface area contributed by atoms with E-state index in [0.29, 0.717) is 18.0 Å². The minimum Gasteiger partial charge on any atom is -0.507 e. The molecule has 2 aromatic carbocycles. The molecule has 2 aromatic rings. The van der Waals surface area contributed by atoms with Gasteiger partial charge in [-0.05, 0) is 48.9 Å². The summed E-state index contributed by atoms with van der Waals surface area (Å²) in [6.07, 6.45) is 0.733. The second-order valence-corrected chi connectivity index (χ2v) is 8.13. The number of likely N-dealkylation sites (tertiary alicyclic amines) is 1. The lowest BCUT2D eigenvalue weighted by atomic mass is 9.92. The Balaban J connectivity index is 2.20. The Morgan fingerprint density at radius 2 is 1.72 bits per heavy atom. The molecule has 4 nitrogen and oxygen atoms in total. The fourth-order valence-corrected chi connectivity index (χ4v) is 3.90. The predicted octanol–water partition coefficient (Wildman–Crippen LogP) is 5.26. The van der Waals surface area contributed by atoms with Crippen LogP contribution in [0, 0.1) is 13.8 Å². The average Bonchev–Trinajstić information content (AvgIpc) is 2.94. The van der Waals surface area contributed by atoms with E-state index in [0.717, 1.165) is 23.1 Å². The highest BCUT2D eigenvalue weighted by atomic mass is 16.3. The Hall–Kier alpha value is -2.88. The SMILES string of the molecule is CCCN1C(=O)C(=O)/C(=C(/O)c2cc(C)ccc2C)C1c1ccc(C(C)C)cc1. The summed E-state index contributed by atoms with van der Waals surface area (Å²) in [6, 6.07) is 13.2. The van der Waals surface area contributed by atoms with Crippen LogP contribution < -0.4 is 0 Å². The molecule has 0 bridgehead atoms. The van der Waals surface area contributed by atoms with Crippen LogP contribution in [0.3, 0.4) is 0 Å². The minimum absolute atomic E-state index is 0.0962. The van der Waals surface area contributed by atoms with E-state index in [1.807, 2.05) is 63.2 Å². The third-order valence-corrected chi connectivity index (χ3v) is 5.57. The van der Waals surface area contributed by atoms with Crippen LogP contribution in [0.15, 0.2) is 48.0 Å². The third kappa shape index (κ3) is 3.84. The fraction of sp³-hybridized carbons (Fsp3) is 0.360. The van der Waals surface area contributed by atoms with Crippen molar-refractivity contribution in [1.82, 2.24) is 4.90 Å². The number of aryl methyl sites for hydroxylation is 2. The molecule has 0 spiro atoms. The number of Topliss-reactive ketones (excluding diaryl/α,β-unsaturated/α-hetero) is 1. The zero-order valence-electron chi connectivity index (χ0n) is 17.8. The lowest BCUT2D eigenvalue weighted by Gasteiger charge is -2.25. The summed E-state index contributed by atoms with van der Waals surface area (Å²) in [4.78, 5) is 27.3. The summed E-state index contributed by atoms with van der Waals surface area (Å²) in [7, 11) is 0. The van der Waals surface area contributed by atoms with Gasteiger partial charge in [0.15, 0.2) is 0 Å². The maximum atomic E-state index is 13.0. The van der Waals surface area contributed by atoms with Gasteiger partial charge >= 0.3 is 0 Å². The van der Waals surface area contributed by atoms with Crippen molar-refractivity contribution in [3.63, 3.8) is 0 Å². The molecule has 4 heteroatoms. The van der Waals surface area contributed by atoms with Crippen LogP contribution in [0.1, 0.15) is 67.0 Å². The number of aliphatic hydroxyl groups is 1. The standard InChI is InChI=1S/C25H29NO3/c1-6-13-26-22(19-11-9-18(10-12-19)15(2)3)21(24(28)25(26)29)23(27)20-14-16(4)7-8-17(20)5/h7-12,14-15,22,27H,6,13H2,1-5H3/b23-21+. The molecule has 1 N–H and O–H groups in total. The molecule has 1 fully saturated rings. The van der Waals surface area contributed by atoms with Crippen molar-refractivity contribution in [2.75, 3.05) is 6.54 Å². The molecule has 1 saturated heterocycles. The summed E-state index contributed by atoms with van der Waals surface area (Å²) < 4.78 is 0. The molecule has 0 radical (unpaired) electrons. The monoisotopic (exact) mass is 391 g/mol. The summed E-state index contributed by atoms with van der Waals surface area (Å²) in [5.74, 6) is -0.867. The molecule has 152 valence electrons. The first-order valence-corrected chi connectivity index (χ1v) is 10.2. The summed E-state index contributed by atoms with van der Waals surface area (Å²) in [6.45, 7) is 10.5. The van der Waals surface area contributed by atoms with Crippen molar-refractivity contribution in [3.8, 4) is 0 Å². The first-order chi connectivity index (χ1) is 13.8. The first kappa shape index (κ1) is 20.8. The topological polar surface area (TPSA) is 57.6 Å². The molecule has 0 saturated carbocycles. The predicted molar refractivity (Wildman–Crippen MR) is 116 cm³/mol. The number of aliphatic hydroxyl groups excluding tert-OH is 1. The number of amides is 1. The zero-order valence-corrected chi connectivity index (χ0v) is 17.8. The normalized spacial score (nSPS) is 18.7. The number of carbonyl (C=O) groups is 2. The Kier molecular flexibility index (Phi) is 5.92. The Morgan fingerprint density at radius 3 is 2.31 bits per heavy atom. The number of nitrogens with zero attached hydrogens (tertiary/aromatic N) is 1. The van der Waals surface area contributed by atoms with Gasteiger partial charge in [-0.1, -0.05) is 62.7 Å². The van der Waals surface area contributed by atoms with E-state index >= 15 is 0 Å². The van der Waals surface area contributed by atoms with Gasteiger partial charge < -0.3 is 10.0 Å². The van der Waals surface area contributed by atoms with Gasteiger partial charge in [0, 0.05) is 12.1 Å². The lowest BCUT2D eigenvalue weighted by molar-refractivity contribution is -0.139. The minimum atomic E-state index is -0.616. The van der Waals surface area contributed by atoms with Crippen LogP contribution >= 0.6 is 0 Å². The molecule has 1 atom stereocenters. The molecule has 1 heterocycles. The molecule has 1 aliphatic rings. The number of carbonyl (C=O) groups excluding carboxylic acids is 2. The number of hydrogen-bond acceptors (Lipinski definition) is 3. The van der Waals surface area contributed by atoms with Crippen molar-refractivity contribution in [2.45, 2.75) is 53.0 Å². The Bertz CT molecular complexity index is 970.